The summed E-state index contributed by atoms with van der Waals surface area (Å²) >= 11 is 5.33. The van der Waals surface area contributed by atoms with Gasteiger partial charge in [-0.15, -0.1) is 0 Å². The average Bonchev–Trinajstić information content (AvgIpc) is 3.05. The molecule has 0 aliphatic carbocycles. The normalized spacial score (nSPS) is 16.1. The molecule has 1 saturated heterocycles. The quantitative estimate of drug-likeness (QED) is 0.383. The molecule has 1 fully saturated rings. The van der Waals surface area contributed by atoms with E-state index >= 15 is 0 Å². The van der Waals surface area contributed by atoms with Crippen LogP contribution >= 0.6 is 12.2 Å². The molecule has 2 aromatic carbocycles. The lowest BCUT2D eigenvalue weighted by Gasteiger charge is -2.30. The maximum Gasteiger partial charge on any atom is 0.270 e. The summed E-state index contributed by atoms with van der Waals surface area (Å²) in [4.78, 5) is 27.5. The van der Waals surface area contributed by atoms with E-state index in [4.69, 9.17) is 12.2 Å². The molecule has 0 bridgehead atoms. The predicted molar refractivity (Wildman–Crippen MR) is 124 cm³/mol. The standard InChI is InChI=1S/C24H23N3O2S/c1-14(2)26-13-17(18-7-5-6-8-21(18)26)12-19-22(28)25-24(30)27(23(19)29)20-10-9-15(3)11-16(20)4/h5-14H,1-4H3,(H,25,28,30)/b19-12+. The zero-order valence-corrected chi connectivity index (χ0v) is 18.2. The number of nitrogens with one attached hydrogen (secondary N) is 1. The van der Waals surface area contributed by atoms with Crippen LogP contribution in [0.1, 0.15) is 36.6 Å². The molecule has 1 aromatic heterocycles. The number of thiocarbonyl (C=S) groups is 1. The molecule has 1 aliphatic heterocycles. The molecule has 152 valence electrons. The van der Waals surface area contributed by atoms with Crippen LogP contribution < -0.4 is 10.2 Å². The number of hydrogen-bond donors (Lipinski definition) is 1. The third-order valence-electron chi connectivity index (χ3n) is 5.32. The number of para-hydroxylation sites is 1. The second kappa shape index (κ2) is 7.54. The number of carbonyl (C=O) groups is 2. The molecule has 0 spiro atoms. The van der Waals surface area contributed by atoms with E-state index < -0.39 is 11.8 Å². The van der Waals surface area contributed by atoms with E-state index in [9.17, 15) is 9.59 Å². The number of carbonyl (C=O) groups excluding carboxylic acids is 2. The minimum atomic E-state index is -0.479. The number of fused-ring (bicyclic) bond motifs is 1. The fourth-order valence-corrected chi connectivity index (χ4v) is 4.14. The Hall–Kier alpha value is -3.25. The van der Waals surface area contributed by atoms with Crippen molar-refractivity contribution in [2.24, 2.45) is 0 Å². The number of rotatable bonds is 3. The van der Waals surface area contributed by atoms with Crippen molar-refractivity contribution in [2.45, 2.75) is 33.7 Å². The van der Waals surface area contributed by atoms with Gasteiger partial charge in [0.15, 0.2) is 5.11 Å². The Morgan fingerprint density at radius 3 is 2.50 bits per heavy atom. The summed E-state index contributed by atoms with van der Waals surface area (Å²) in [6, 6.07) is 14.0. The van der Waals surface area contributed by atoms with E-state index in [-0.39, 0.29) is 16.7 Å². The van der Waals surface area contributed by atoms with E-state index in [1.54, 1.807) is 6.08 Å². The number of hydrogen-bond acceptors (Lipinski definition) is 3. The van der Waals surface area contributed by atoms with Gasteiger partial charge < -0.3 is 4.57 Å². The van der Waals surface area contributed by atoms with E-state index in [1.165, 1.54) is 4.90 Å². The lowest BCUT2D eigenvalue weighted by atomic mass is 10.0. The second-order valence-electron chi connectivity index (χ2n) is 7.85. The van der Waals surface area contributed by atoms with Gasteiger partial charge in [0.1, 0.15) is 5.57 Å². The summed E-state index contributed by atoms with van der Waals surface area (Å²) in [6.07, 6.45) is 3.65. The van der Waals surface area contributed by atoms with Crippen molar-refractivity contribution in [3.63, 3.8) is 0 Å². The van der Waals surface area contributed by atoms with Gasteiger partial charge in [-0.25, -0.2) is 0 Å². The van der Waals surface area contributed by atoms with Gasteiger partial charge in [0, 0.05) is 28.7 Å². The van der Waals surface area contributed by atoms with Gasteiger partial charge in [0.05, 0.1) is 5.69 Å². The molecule has 1 N–H and O–H groups in total. The molecule has 0 radical (unpaired) electrons. The lowest BCUT2D eigenvalue weighted by Crippen LogP contribution is -2.54. The fraction of sp³-hybridized carbons (Fsp3) is 0.208. The molecular weight excluding hydrogens is 394 g/mol. The Labute approximate surface area is 181 Å². The number of anilines is 1. The molecule has 3 aromatic rings. The van der Waals surface area contributed by atoms with Crippen LogP contribution in [-0.4, -0.2) is 21.5 Å². The molecule has 0 atom stereocenters. The van der Waals surface area contributed by atoms with Crippen molar-refractivity contribution in [1.29, 1.82) is 0 Å². The zero-order chi connectivity index (χ0) is 21.6. The summed E-state index contributed by atoms with van der Waals surface area (Å²) in [5.41, 5.74) is 4.63. The Bertz CT molecular complexity index is 1240. The maximum absolute atomic E-state index is 13.4. The first-order chi connectivity index (χ1) is 14.3. The molecular formula is C24H23N3O2S. The first kappa shape index (κ1) is 20.0. The van der Waals surface area contributed by atoms with E-state index in [0.717, 1.165) is 27.6 Å². The monoisotopic (exact) mass is 417 g/mol. The van der Waals surface area contributed by atoms with Crippen LogP contribution in [0.2, 0.25) is 0 Å². The molecule has 30 heavy (non-hydrogen) atoms. The van der Waals surface area contributed by atoms with Gasteiger partial charge in [-0.3, -0.25) is 19.8 Å². The number of aryl methyl sites for hydroxylation is 2. The molecule has 2 amide bonds. The second-order valence-corrected chi connectivity index (χ2v) is 8.24. The Morgan fingerprint density at radius 2 is 1.80 bits per heavy atom. The summed E-state index contributed by atoms with van der Waals surface area (Å²) in [6.45, 7) is 8.11. The third kappa shape index (κ3) is 3.33. The van der Waals surface area contributed by atoms with Crippen LogP contribution in [-0.2, 0) is 9.59 Å². The van der Waals surface area contributed by atoms with Gasteiger partial charge in [0.2, 0.25) is 0 Å². The molecule has 1 aliphatic rings. The largest absolute Gasteiger partial charge is 0.344 e. The van der Waals surface area contributed by atoms with Crippen molar-refractivity contribution in [2.75, 3.05) is 4.90 Å². The summed E-state index contributed by atoms with van der Waals surface area (Å²) < 4.78 is 2.14. The Kier molecular flexibility index (Phi) is 5.03. The average molecular weight is 418 g/mol. The van der Waals surface area contributed by atoms with Crippen molar-refractivity contribution in [3.05, 3.63) is 70.9 Å². The Balaban J connectivity index is 1.84. The number of aromatic nitrogens is 1. The third-order valence-corrected chi connectivity index (χ3v) is 5.61. The van der Waals surface area contributed by atoms with Crippen LogP contribution in [0.25, 0.3) is 17.0 Å². The van der Waals surface area contributed by atoms with Crippen molar-refractivity contribution in [1.82, 2.24) is 9.88 Å². The lowest BCUT2D eigenvalue weighted by molar-refractivity contribution is -0.122. The minimum absolute atomic E-state index is 0.0650. The van der Waals surface area contributed by atoms with Crippen molar-refractivity contribution < 1.29 is 9.59 Å². The van der Waals surface area contributed by atoms with E-state index in [0.29, 0.717) is 5.69 Å². The van der Waals surface area contributed by atoms with E-state index in [1.807, 2.05) is 62.5 Å². The SMILES string of the molecule is Cc1ccc(N2C(=O)/C(=C/c3cn(C(C)C)c4ccccc34)C(=O)NC2=S)c(C)c1. The van der Waals surface area contributed by atoms with Gasteiger partial charge in [0.25, 0.3) is 11.8 Å². The van der Waals surface area contributed by atoms with Crippen LogP contribution in [0.3, 0.4) is 0 Å². The molecule has 6 heteroatoms. The topological polar surface area (TPSA) is 54.3 Å². The van der Waals surface area contributed by atoms with Crippen molar-refractivity contribution >= 4 is 51.8 Å². The molecule has 2 heterocycles. The highest BCUT2D eigenvalue weighted by Crippen LogP contribution is 2.29. The first-order valence-electron chi connectivity index (χ1n) is 9.86. The summed E-state index contributed by atoms with van der Waals surface area (Å²) in [7, 11) is 0. The highest BCUT2D eigenvalue weighted by Gasteiger charge is 2.35. The highest BCUT2D eigenvalue weighted by atomic mass is 32.1. The van der Waals surface area contributed by atoms with Crippen LogP contribution in [0.5, 0.6) is 0 Å². The molecule has 0 saturated carbocycles. The van der Waals surface area contributed by atoms with Gasteiger partial charge in [-0.1, -0.05) is 35.9 Å². The number of amides is 2. The summed E-state index contributed by atoms with van der Waals surface area (Å²) in [5, 5.41) is 3.76. The summed E-state index contributed by atoms with van der Waals surface area (Å²) in [5.74, 6) is -0.899. The Morgan fingerprint density at radius 1 is 1.07 bits per heavy atom. The minimum Gasteiger partial charge on any atom is -0.344 e. The zero-order valence-electron chi connectivity index (χ0n) is 17.4. The van der Waals surface area contributed by atoms with Crippen LogP contribution in [0, 0.1) is 13.8 Å². The highest BCUT2D eigenvalue weighted by molar-refractivity contribution is 7.80. The first-order valence-corrected chi connectivity index (χ1v) is 10.3. The van der Waals surface area contributed by atoms with Gasteiger partial charge >= 0.3 is 0 Å². The molecule has 4 rings (SSSR count). The molecule has 5 nitrogen and oxygen atoms in total. The van der Waals surface area contributed by atoms with E-state index in [2.05, 4.69) is 23.7 Å². The van der Waals surface area contributed by atoms with Gasteiger partial charge in [-0.2, -0.15) is 0 Å². The number of nitrogens with zero attached hydrogens (tertiary/aromatic N) is 2. The van der Waals surface area contributed by atoms with Crippen LogP contribution in [0.4, 0.5) is 5.69 Å². The van der Waals surface area contributed by atoms with Gasteiger partial charge in [-0.05, 0) is 63.7 Å². The smallest absolute Gasteiger partial charge is 0.270 e. The maximum atomic E-state index is 13.4. The fourth-order valence-electron chi connectivity index (χ4n) is 3.86. The van der Waals surface area contributed by atoms with Crippen molar-refractivity contribution in [3.8, 4) is 0 Å². The molecule has 0 unspecified atom stereocenters. The van der Waals surface area contributed by atoms with Crippen LogP contribution in [0.15, 0.2) is 54.2 Å². The predicted octanol–water partition coefficient (Wildman–Crippen LogP) is 4.67. The number of benzene rings is 2.